The molecule has 0 saturated carbocycles. The molecule has 9 heteroatoms. The maximum atomic E-state index is 10.3. The summed E-state index contributed by atoms with van der Waals surface area (Å²) in [5, 5.41) is 23.8. The van der Waals surface area contributed by atoms with Crippen LogP contribution in [-0.2, 0) is 7.05 Å². The molecule has 13 heavy (non-hydrogen) atoms. The fraction of sp³-hybridized carbons (Fsp3) is 0.250. The summed E-state index contributed by atoms with van der Waals surface area (Å²) in [6.07, 6.45) is 0. The molecular weight excluding hydrogens is 182 g/mol. The zero-order valence-electron chi connectivity index (χ0n) is 6.50. The second kappa shape index (κ2) is 2.69. The molecule has 0 spiro atoms. The first-order valence-corrected chi connectivity index (χ1v) is 3.06. The lowest BCUT2D eigenvalue weighted by molar-refractivity contribution is -0.393. The third kappa shape index (κ3) is 1.26. The molecule has 1 heterocycles. The number of rotatable bonds is 2. The monoisotopic (exact) mass is 187 g/mol. The Labute approximate surface area is 71.0 Å². The molecule has 0 saturated heterocycles. The first-order valence-electron chi connectivity index (χ1n) is 3.06. The van der Waals surface area contributed by atoms with Crippen LogP contribution < -0.4 is 5.73 Å². The molecule has 2 N–H and O–H groups in total. The molecule has 0 amide bonds. The minimum atomic E-state index is -0.873. The van der Waals surface area contributed by atoms with Gasteiger partial charge in [-0.15, -0.1) is 0 Å². The predicted molar refractivity (Wildman–Crippen MR) is 40.9 cm³/mol. The molecule has 0 aliphatic heterocycles. The number of aromatic nitrogens is 2. The number of aryl methyl sites for hydroxylation is 1. The molecule has 0 aromatic carbocycles. The first kappa shape index (κ1) is 8.90. The zero-order valence-corrected chi connectivity index (χ0v) is 6.50. The fourth-order valence-corrected chi connectivity index (χ4v) is 0.869. The lowest BCUT2D eigenvalue weighted by Crippen LogP contribution is -2.00. The van der Waals surface area contributed by atoms with Gasteiger partial charge < -0.3 is 26.0 Å². The average Bonchev–Trinajstić information content (AvgIpc) is 2.26. The summed E-state index contributed by atoms with van der Waals surface area (Å²) in [6.45, 7) is 0. The minimum Gasteiger partial charge on any atom is -0.385 e. The summed E-state index contributed by atoms with van der Waals surface area (Å²) in [4.78, 5) is 18.9. The molecule has 0 radical (unpaired) electrons. The van der Waals surface area contributed by atoms with Crippen LogP contribution in [-0.4, -0.2) is 19.6 Å². The normalized spacial score (nSPS) is 9.92. The van der Waals surface area contributed by atoms with E-state index >= 15 is 0 Å². The van der Waals surface area contributed by atoms with Crippen LogP contribution in [0.3, 0.4) is 0 Å². The molecule has 1 aromatic rings. The smallest absolute Gasteiger partial charge is 0.385 e. The Morgan fingerprint density at radius 3 is 2.15 bits per heavy atom. The van der Waals surface area contributed by atoms with Crippen LogP contribution >= 0.6 is 0 Å². The van der Waals surface area contributed by atoms with Crippen molar-refractivity contribution < 1.29 is 9.85 Å². The van der Waals surface area contributed by atoms with Crippen LogP contribution in [0.1, 0.15) is 0 Å². The summed E-state index contributed by atoms with van der Waals surface area (Å²) in [5.41, 5.74) is 4.61. The van der Waals surface area contributed by atoms with Gasteiger partial charge in [-0.25, -0.2) is 0 Å². The Hall–Kier alpha value is -2.19. The lowest BCUT2D eigenvalue weighted by Gasteiger charge is -1.90. The van der Waals surface area contributed by atoms with Gasteiger partial charge in [-0.3, -0.25) is 0 Å². The molecule has 0 atom stereocenters. The van der Waals surface area contributed by atoms with Gasteiger partial charge in [-0.05, 0) is 14.5 Å². The number of nitrogens with zero attached hydrogens (tertiary/aromatic N) is 4. The SMILES string of the molecule is Cn1nc([N+](=O)[O-])c(N)c1[N+](=O)[O-]. The van der Waals surface area contributed by atoms with E-state index in [0.717, 1.165) is 4.68 Å². The third-order valence-corrected chi connectivity index (χ3v) is 1.38. The van der Waals surface area contributed by atoms with E-state index in [1.807, 2.05) is 0 Å². The second-order valence-corrected chi connectivity index (χ2v) is 2.20. The van der Waals surface area contributed by atoms with E-state index in [4.69, 9.17) is 5.73 Å². The summed E-state index contributed by atoms with van der Waals surface area (Å²) in [5.74, 6) is -1.28. The summed E-state index contributed by atoms with van der Waals surface area (Å²) < 4.78 is 0.757. The van der Waals surface area contributed by atoms with E-state index in [0.29, 0.717) is 0 Å². The standard InChI is InChI=1S/C4H5N5O4/c1-7-4(9(12)13)2(5)3(6-7)8(10)11/h5H2,1H3. The highest BCUT2D eigenvalue weighted by Gasteiger charge is 2.32. The van der Waals surface area contributed by atoms with Gasteiger partial charge in [0.1, 0.15) is 7.05 Å². The van der Waals surface area contributed by atoms with E-state index in [1.54, 1.807) is 0 Å². The van der Waals surface area contributed by atoms with Gasteiger partial charge >= 0.3 is 11.6 Å². The third-order valence-electron chi connectivity index (χ3n) is 1.38. The molecule has 0 fully saturated rings. The molecule has 70 valence electrons. The Bertz CT molecular complexity index is 382. The van der Waals surface area contributed by atoms with Crippen LogP contribution in [0.25, 0.3) is 0 Å². The van der Waals surface area contributed by atoms with Crippen LogP contribution in [0.2, 0.25) is 0 Å². The highest BCUT2D eigenvalue weighted by molar-refractivity contribution is 5.65. The van der Waals surface area contributed by atoms with E-state index < -0.39 is 27.2 Å². The highest BCUT2D eigenvalue weighted by Crippen LogP contribution is 2.29. The first-order chi connectivity index (χ1) is 5.95. The van der Waals surface area contributed by atoms with E-state index in [-0.39, 0.29) is 0 Å². The molecule has 1 aromatic heterocycles. The van der Waals surface area contributed by atoms with Gasteiger partial charge in [-0.1, -0.05) is 0 Å². The number of nitro groups is 2. The van der Waals surface area contributed by atoms with Crippen molar-refractivity contribution in [1.82, 2.24) is 9.78 Å². The van der Waals surface area contributed by atoms with Gasteiger partial charge in [0.15, 0.2) is 5.10 Å². The van der Waals surface area contributed by atoms with Crippen LogP contribution in [0.15, 0.2) is 0 Å². The average molecular weight is 187 g/mol. The van der Waals surface area contributed by atoms with Crippen LogP contribution in [0.5, 0.6) is 0 Å². The zero-order chi connectivity index (χ0) is 10.2. The van der Waals surface area contributed by atoms with Gasteiger partial charge in [0.25, 0.3) is 0 Å². The number of nitrogen functional groups attached to an aromatic ring is 1. The van der Waals surface area contributed by atoms with E-state index in [1.165, 1.54) is 7.05 Å². The molecular formula is C4H5N5O4. The van der Waals surface area contributed by atoms with Crippen molar-refractivity contribution >= 4 is 17.3 Å². The number of hydrogen-bond donors (Lipinski definition) is 1. The number of hydrogen-bond acceptors (Lipinski definition) is 6. The molecule has 0 aliphatic rings. The van der Waals surface area contributed by atoms with Crippen molar-refractivity contribution in [3.05, 3.63) is 20.2 Å². The topological polar surface area (TPSA) is 130 Å². The molecule has 0 unspecified atom stereocenters. The van der Waals surface area contributed by atoms with Crippen molar-refractivity contribution in [2.24, 2.45) is 7.05 Å². The second-order valence-electron chi connectivity index (χ2n) is 2.20. The van der Waals surface area contributed by atoms with Crippen molar-refractivity contribution in [2.75, 3.05) is 5.73 Å². The van der Waals surface area contributed by atoms with Crippen LogP contribution in [0, 0.1) is 20.2 Å². The highest BCUT2D eigenvalue weighted by atomic mass is 16.6. The van der Waals surface area contributed by atoms with Gasteiger partial charge in [-0.2, -0.15) is 0 Å². The Morgan fingerprint density at radius 2 is 1.92 bits per heavy atom. The van der Waals surface area contributed by atoms with E-state index in [9.17, 15) is 20.2 Å². The maximum absolute atomic E-state index is 10.3. The Balaban J connectivity index is 3.39. The molecule has 1 rings (SSSR count). The Morgan fingerprint density at radius 1 is 1.38 bits per heavy atom. The molecule has 0 bridgehead atoms. The minimum absolute atomic E-state index is 0.530. The van der Waals surface area contributed by atoms with Crippen LogP contribution in [0.4, 0.5) is 17.3 Å². The van der Waals surface area contributed by atoms with E-state index in [2.05, 4.69) is 5.10 Å². The molecule has 0 aliphatic carbocycles. The quantitative estimate of drug-likeness (QED) is 0.504. The lowest BCUT2D eigenvalue weighted by atomic mass is 10.5. The summed E-state index contributed by atoms with van der Waals surface area (Å²) in [7, 11) is 1.21. The predicted octanol–water partition coefficient (Wildman–Crippen LogP) is -0.181. The van der Waals surface area contributed by atoms with Gasteiger partial charge in [0, 0.05) is 0 Å². The number of nitrogens with two attached hydrogens (primary N) is 1. The maximum Gasteiger partial charge on any atom is 0.443 e. The molecule has 9 nitrogen and oxygen atoms in total. The van der Waals surface area contributed by atoms with Crippen molar-refractivity contribution in [3.63, 3.8) is 0 Å². The van der Waals surface area contributed by atoms with Crippen molar-refractivity contribution in [2.45, 2.75) is 0 Å². The number of anilines is 1. The largest absolute Gasteiger partial charge is 0.443 e. The fourth-order valence-electron chi connectivity index (χ4n) is 0.869. The summed E-state index contributed by atoms with van der Waals surface area (Å²) in [6, 6.07) is 0. The van der Waals surface area contributed by atoms with Gasteiger partial charge in [0.05, 0.1) is 0 Å². The van der Waals surface area contributed by atoms with Crippen molar-refractivity contribution in [1.29, 1.82) is 0 Å². The van der Waals surface area contributed by atoms with Gasteiger partial charge in [0.2, 0.25) is 5.69 Å². The van der Waals surface area contributed by atoms with Crippen molar-refractivity contribution in [3.8, 4) is 0 Å². The Kier molecular flexibility index (Phi) is 1.85. The summed E-state index contributed by atoms with van der Waals surface area (Å²) >= 11 is 0.